The summed E-state index contributed by atoms with van der Waals surface area (Å²) < 4.78 is 23.4. The third-order valence-corrected chi connectivity index (χ3v) is 5.28. The summed E-state index contributed by atoms with van der Waals surface area (Å²) in [7, 11) is -3.38. The average Bonchev–Trinajstić information content (AvgIpc) is 3.08. The van der Waals surface area contributed by atoms with Gasteiger partial charge in [0.25, 0.3) is 5.91 Å². The van der Waals surface area contributed by atoms with Crippen molar-refractivity contribution in [3.63, 3.8) is 0 Å². The molecule has 0 radical (unpaired) electrons. The predicted molar refractivity (Wildman–Crippen MR) is 105 cm³/mol. The zero-order valence-electron chi connectivity index (χ0n) is 14.9. The molecule has 0 spiro atoms. The van der Waals surface area contributed by atoms with Crippen LogP contribution in [0.3, 0.4) is 0 Å². The van der Waals surface area contributed by atoms with Crippen molar-refractivity contribution in [1.29, 1.82) is 0 Å². The SMILES string of the molecule is CS(=O)(=O)c1ccc2nnn(OCC(=O)Nc3ccc4ccccc4c3)c2c1. The van der Waals surface area contributed by atoms with Crippen LogP contribution in [0, 0.1) is 0 Å². The number of nitrogens with zero attached hydrogens (tertiary/aromatic N) is 3. The molecule has 0 bridgehead atoms. The van der Waals surface area contributed by atoms with Crippen molar-refractivity contribution in [2.45, 2.75) is 4.90 Å². The van der Waals surface area contributed by atoms with E-state index in [1.165, 1.54) is 18.2 Å². The van der Waals surface area contributed by atoms with E-state index in [0.717, 1.165) is 21.9 Å². The molecule has 0 aliphatic carbocycles. The Hall–Kier alpha value is -3.46. The second-order valence-electron chi connectivity index (χ2n) is 6.27. The molecule has 9 heteroatoms. The molecule has 3 aromatic carbocycles. The highest BCUT2D eigenvalue weighted by molar-refractivity contribution is 7.90. The zero-order chi connectivity index (χ0) is 19.7. The number of aromatic nitrogens is 3. The maximum Gasteiger partial charge on any atom is 0.265 e. The number of benzene rings is 3. The molecule has 0 aliphatic heterocycles. The lowest BCUT2D eigenvalue weighted by Gasteiger charge is -2.08. The summed E-state index contributed by atoms with van der Waals surface area (Å²) in [6, 6.07) is 17.8. The molecule has 1 aromatic heterocycles. The van der Waals surface area contributed by atoms with E-state index in [1.807, 2.05) is 42.5 Å². The Kier molecular flexibility index (Phi) is 4.44. The highest BCUT2D eigenvalue weighted by Crippen LogP contribution is 2.19. The van der Waals surface area contributed by atoms with Gasteiger partial charge in [0.15, 0.2) is 16.4 Å². The van der Waals surface area contributed by atoms with Crippen LogP contribution in [-0.2, 0) is 14.6 Å². The van der Waals surface area contributed by atoms with Gasteiger partial charge in [-0.3, -0.25) is 4.79 Å². The van der Waals surface area contributed by atoms with E-state index in [4.69, 9.17) is 4.84 Å². The number of fused-ring (bicyclic) bond motifs is 2. The average molecular weight is 396 g/mol. The molecule has 142 valence electrons. The second-order valence-corrected chi connectivity index (χ2v) is 8.28. The Balaban J connectivity index is 1.48. The summed E-state index contributed by atoms with van der Waals surface area (Å²) in [6.45, 7) is -0.311. The third-order valence-electron chi connectivity index (χ3n) is 4.17. The fourth-order valence-corrected chi connectivity index (χ4v) is 3.43. The lowest BCUT2D eigenvalue weighted by Crippen LogP contribution is -2.26. The van der Waals surface area contributed by atoms with Crippen molar-refractivity contribution in [3.8, 4) is 0 Å². The minimum Gasteiger partial charge on any atom is -0.385 e. The minimum absolute atomic E-state index is 0.118. The first-order valence-corrected chi connectivity index (χ1v) is 10.3. The van der Waals surface area contributed by atoms with Gasteiger partial charge in [-0.1, -0.05) is 35.2 Å². The number of hydrogen-bond acceptors (Lipinski definition) is 6. The van der Waals surface area contributed by atoms with Crippen molar-refractivity contribution in [2.24, 2.45) is 0 Å². The minimum atomic E-state index is -3.38. The lowest BCUT2D eigenvalue weighted by atomic mass is 10.1. The topological polar surface area (TPSA) is 103 Å². The maximum atomic E-state index is 12.2. The molecule has 0 saturated carbocycles. The largest absolute Gasteiger partial charge is 0.385 e. The molecule has 4 rings (SSSR count). The summed E-state index contributed by atoms with van der Waals surface area (Å²) in [5, 5.41) is 12.6. The quantitative estimate of drug-likeness (QED) is 0.554. The Morgan fingerprint density at radius 2 is 1.86 bits per heavy atom. The van der Waals surface area contributed by atoms with Gasteiger partial charge >= 0.3 is 0 Å². The number of nitrogens with one attached hydrogen (secondary N) is 1. The Labute approximate surface area is 160 Å². The fraction of sp³-hybridized carbons (Fsp3) is 0.105. The van der Waals surface area contributed by atoms with E-state index in [0.29, 0.717) is 16.7 Å². The van der Waals surface area contributed by atoms with Crippen molar-refractivity contribution in [3.05, 3.63) is 60.7 Å². The molecule has 0 saturated heterocycles. The molecular weight excluding hydrogens is 380 g/mol. The van der Waals surface area contributed by atoms with Crippen LogP contribution in [-0.4, -0.2) is 42.3 Å². The van der Waals surface area contributed by atoms with E-state index in [2.05, 4.69) is 15.6 Å². The molecule has 0 atom stereocenters. The predicted octanol–water partition coefficient (Wildman–Crippen LogP) is 2.06. The van der Waals surface area contributed by atoms with Gasteiger partial charge in [-0.05, 0) is 46.3 Å². The Morgan fingerprint density at radius 1 is 1.07 bits per heavy atom. The van der Waals surface area contributed by atoms with Crippen LogP contribution >= 0.6 is 0 Å². The number of anilines is 1. The van der Waals surface area contributed by atoms with Crippen molar-refractivity contribution in [2.75, 3.05) is 18.2 Å². The third kappa shape index (κ3) is 3.65. The molecule has 28 heavy (non-hydrogen) atoms. The highest BCUT2D eigenvalue weighted by Gasteiger charge is 2.13. The fourth-order valence-electron chi connectivity index (χ4n) is 2.79. The van der Waals surface area contributed by atoms with Gasteiger partial charge in [-0.2, -0.15) is 0 Å². The van der Waals surface area contributed by atoms with Gasteiger partial charge in [0.05, 0.1) is 4.90 Å². The van der Waals surface area contributed by atoms with Gasteiger partial charge in [0, 0.05) is 11.9 Å². The molecule has 0 aliphatic rings. The summed E-state index contributed by atoms with van der Waals surface area (Å²) in [5.74, 6) is -0.377. The monoisotopic (exact) mass is 396 g/mol. The zero-order valence-corrected chi connectivity index (χ0v) is 15.7. The number of carbonyl (C=O) groups excluding carboxylic acids is 1. The molecule has 4 aromatic rings. The van der Waals surface area contributed by atoms with E-state index >= 15 is 0 Å². The van der Waals surface area contributed by atoms with Gasteiger partial charge < -0.3 is 10.2 Å². The van der Waals surface area contributed by atoms with Gasteiger partial charge in [0.2, 0.25) is 0 Å². The summed E-state index contributed by atoms with van der Waals surface area (Å²) in [4.78, 5) is 18.8. The van der Waals surface area contributed by atoms with E-state index in [-0.39, 0.29) is 17.4 Å². The van der Waals surface area contributed by atoms with Crippen LogP contribution in [0.5, 0.6) is 0 Å². The molecular formula is C19H16N4O4S. The summed E-state index contributed by atoms with van der Waals surface area (Å²) in [5.41, 5.74) is 1.47. The van der Waals surface area contributed by atoms with E-state index in [9.17, 15) is 13.2 Å². The smallest absolute Gasteiger partial charge is 0.265 e. The van der Waals surface area contributed by atoms with E-state index < -0.39 is 9.84 Å². The Morgan fingerprint density at radius 3 is 2.64 bits per heavy atom. The van der Waals surface area contributed by atoms with E-state index in [1.54, 1.807) is 0 Å². The van der Waals surface area contributed by atoms with Crippen LogP contribution in [0.25, 0.3) is 21.8 Å². The summed E-state index contributed by atoms with van der Waals surface area (Å²) >= 11 is 0. The van der Waals surface area contributed by atoms with Crippen molar-refractivity contribution < 1.29 is 18.0 Å². The van der Waals surface area contributed by atoms with Crippen LogP contribution < -0.4 is 10.2 Å². The first-order chi connectivity index (χ1) is 13.4. The molecule has 1 heterocycles. The molecule has 0 unspecified atom stereocenters. The van der Waals surface area contributed by atoms with Crippen LogP contribution in [0.4, 0.5) is 5.69 Å². The Bertz CT molecular complexity index is 1300. The maximum absolute atomic E-state index is 12.2. The first kappa shape index (κ1) is 17.9. The number of hydrogen-bond donors (Lipinski definition) is 1. The standard InChI is InChI=1S/C19H16N4O4S/c1-28(25,26)16-8-9-17-18(11-16)23(22-21-17)27-12-19(24)20-15-7-6-13-4-2-3-5-14(13)10-15/h2-11H,12H2,1H3,(H,20,24). The molecule has 8 nitrogen and oxygen atoms in total. The normalized spacial score (nSPS) is 11.6. The van der Waals surface area contributed by atoms with Gasteiger partial charge in [0.1, 0.15) is 11.0 Å². The van der Waals surface area contributed by atoms with Gasteiger partial charge in [-0.25, -0.2) is 8.42 Å². The van der Waals surface area contributed by atoms with Crippen LogP contribution in [0.2, 0.25) is 0 Å². The van der Waals surface area contributed by atoms with Crippen LogP contribution in [0.15, 0.2) is 65.6 Å². The number of amides is 1. The first-order valence-electron chi connectivity index (χ1n) is 8.38. The van der Waals surface area contributed by atoms with Crippen molar-refractivity contribution in [1.82, 2.24) is 15.2 Å². The van der Waals surface area contributed by atoms with Crippen LogP contribution in [0.1, 0.15) is 0 Å². The summed E-state index contributed by atoms with van der Waals surface area (Å²) in [6.07, 6.45) is 1.11. The molecule has 0 fully saturated rings. The molecule has 1 N–H and O–H groups in total. The van der Waals surface area contributed by atoms with Crippen molar-refractivity contribution >= 4 is 43.2 Å². The number of carbonyl (C=O) groups is 1. The second kappa shape index (κ2) is 6.93. The number of rotatable bonds is 5. The van der Waals surface area contributed by atoms with Gasteiger partial charge in [-0.15, -0.1) is 5.10 Å². The number of sulfone groups is 1. The highest BCUT2D eigenvalue weighted by atomic mass is 32.2. The lowest BCUT2D eigenvalue weighted by molar-refractivity contribution is -0.121. The molecule has 1 amide bonds.